The molecular formula is C24H19ClF2N2O3. The molecule has 0 saturated heterocycles. The molecule has 32 heavy (non-hydrogen) atoms. The summed E-state index contributed by atoms with van der Waals surface area (Å²) in [5.41, 5.74) is 1.87. The quantitative estimate of drug-likeness (QED) is 0.445. The summed E-state index contributed by atoms with van der Waals surface area (Å²) in [7, 11) is 0. The van der Waals surface area contributed by atoms with Gasteiger partial charge in [-0.25, -0.2) is 8.78 Å². The van der Waals surface area contributed by atoms with E-state index in [2.05, 4.69) is 5.32 Å². The molecule has 0 atom stereocenters. The van der Waals surface area contributed by atoms with Crippen LogP contribution in [0.15, 0.2) is 50.4 Å². The van der Waals surface area contributed by atoms with Gasteiger partial charge in [-0.2, -0.15) is 0 Å². The first-order chi connectivity index (χ1) is 15.0. The van der Waals surface area contributed by atoms with Gasteiger partial charge in [0, 0.05) is 24.8 Å². The van der Waals surface area contributed by atoms with Crippen LogP contribution in [0.4, 0.5) is 8.78 Å². The van der Waals surface area contributed by atoms with Crippen molar-refractivity contribution in [1.29, 1.82) is 0 Å². The Morgan fingerprint density at radius 1 is 1.00 bits per heavy atom. The molecule has 0 radical (unpaired) electrons. The number of nitrogens with one attached hydrogen (secondary N) is 1. The molecule has 0 unspecified atom stereocenters. The van der Waals surface area contributed by atoms with E-state index in [9.17, 15) is 18.4 Å². The largest absolute Gasteiger partial charge is 0.456 e. The van der Waals surface area contributed by atoms with E-state index in [0.717, 1.165) is 41.0 Å². The molecule has 1 aliphatic heterocycles. The number of aromatic nitrogens is 1. The molecule has 1 aliphatic carbocycles. The van der Waals surface area contributed by atoms with E-state index < -0.39 is 22.6 Å². The Morgan fingerprint density at radius 2 is 1.75 bits per heavy atom. The number of rotatable bonds is 2. The standard InChI is InChI=1S/C24H18F2N2O3.ClH/c25-16-5-2-6-17(22(16)26)28-18(12-3-1-4-12)9-20-21(24(28)30)23(29)15-7-13-10-27-11-14(13)8-19(15)31-20;/h2,5-9,12,27H,1,3-4,10-11H2;1H. The molecular weight excluding hydrogens is 438 g/mol. The maximum Gasteiger partial charge on any atom is 0.270 e. The van der Waals surface area contributed by atoms with Gasteiger partial charge in [-0.1, -0.05) is 12.5 Å². The summed E-state index contributed by atoms with van der Waals surface area (Å²) in [5.74, 6) is -2.14. The average Bonchev–Trinajstić information content (AvgIpc) is 3.16. The Morgan fingerprint density at radius 3 is 2.47 bits per heavy atom. The number of fused-ring (bicyclic) bond motifs is 3. The summed E-state index contributed by atoms with van der Waals surface area (Å²) < 4.78 is 35.9. The lowest BCUT2D eigenvalue weighted by Gasteiger charge is -2.28. The lowest BCUT2D eigenvalue weighted by molar-refractivity contribution is 0.402. The van der Waals surface area contributed by atoms with Gasteiger partial charge in [-0.05, 0) is 54.2 Å². The molecule has 1 fully saturated rings. The van der Waals surface area contributed by atoms with Crippen molar-refractivity contribution in [2.75, 3.05) is 0 Å². The number of benzene rings is 2. The summed E-state index contributed by atoms with van der Waals surface area (Å²) in [6, 6.07) is 8.96. The topological polar surface area (TPSA) is 64.2 Å². The zero-order chi connectivity index (χ0) is 21.3. The van der Waals surface area contributed by atoms with E-state index in [1.54, 1.807) is 12.1 Å². The first kappa shape index (κ1) is 20.8. The predicted octanol–water partition coefficient (Wildman–Crippen LogP) is 4.67. The third kappa shape index (κ3) is 2.92. The van der Waals surface area contributed by atoms with Crippen LogP contribution in [0.1, 0.15) is 42.0 Å². The van der Waals surface area contributed by atoms with Gasteiger partial charge in [0.05, 0.1) is 11.1 Å². The zero-order valence-corrected chi connectivity index (χ0v) is 17.7. The fourth-order valence-electron chi connectivity index (χ4n) is 4.66. The van der Waals surface area contributed by atoms with Crippen molar-refractivity contribution < 1.29 is 13.2 Å². The van der Waals surface area contributed by atoms with Crippen molar-refractivity contribution >= 4 is 34.3 Å². The number of hydrogen-bond donors (Lipinski definition) is 1. The van der Waals surface area contributed by atoms with Crippen LogP contribution in [0, 0.1) is 11.6 Å². The Labute approximate surface area is 187 Å². The van der Waals surface area contributed by atoms with Gasteiger partial charge < -0.3 is 9.73 Å². The van der Waals surface area contributed by atoms with Crippen LogP contribution >= 0.6 is 12.4 Å². The SMILES string of the molecule is Cl.O=c1c2cc3c(cc2oc2cc(C4CCC4)n(-c4cccc(F)c4F)c(=O)c12)CNC3. The van der Waals surface area contributed by atoms with Crippen LogP contribution < -0.4 is 16.3 Å². The number of hydrogen-bond acceptors (Lipinski definition) is 4. The van der Waals surface area contributed by atoms with Crippen LogP contribution in [0.3, 0.4) is 0 Å². The van der Waals surface area contributed by atoms with Crippen molar-refractivity contribution in [3.63, 3.8) is 0 Å². The normalized spacial score (nSPS) is 15.6. The molecule has 0 spiro atoms. The van der Waals surface area contributed by atoms with Crippen LogP contribution in [-0.2, 0) is 13.1 Å². The highest BCUT2D eigenvalue weighted by molar-refractivity contribution is 5.90. The Balaban J connectivity index is 0.00000216. The second-order valence-electron chi connectivity index (χ2n) is 8.30. The summed E-state index contributed by atoms with van der Waals surface area (Å²) in [5, 5.41) is 3.40. The molecule has 5 nitrogen and oxygen atoms in total. The van der Waals surface area contributed by atoms with Gasteiger partial charge in [0.15, 0.2) is 11.6 Å². The van der Waals surface area contributed by atoms with Gasteiger partial charge in [0.1, 0.15) is 16.6 Å². The van der Waals surface area contributed by atoms with Crippen LogP contribution in [0.25, 0.3) is 27.6 Å². The molecule has 1 saturated carbocycles. The molecule has 2 aliphatic rings. The van der Waals surface area contributed by atoms with Crippen molar-refractivity contribution in [3.05, 3.63) is 85.4 Å². The minimum Gasteiger partial charge on any atom is -0.456 e. The Bertz CT molecular complexity index is 1520. The molecule has 1 N–H and O–H groups in total. The second kappa shape index (κ2) is 7.53. The van der Waals surface area contributed by atoms with Gasteiger partial charge in [0.2, 0.25) is 5.43 Å². The van der Waals surface area contributed by atoms with Crippen LogP contribution in [-0.4, -0.2) is 4.57 Å². The third-order valence-corrected chi connectivity index (χ3v) is 6.52. The highest BCUT2D eigenvalue weighted by Crippen LogP contribution is 2.38. The van der Waals surface area contributed by atoms with E-state index >= 15 is 0 Å². The third-order valence-electron chi connectivity index (χ3n) is 6.52. The summed E-state index contributed by atoms with van der Waals surface area (Å²) >= 11 is 0. The maximum atomic E-state index is 14.7. The predicted molar refractivity (Wildman–Crippen MR) is 120 cm³/mol. The number of nitrogens with zero attached hydrogens (tertiary/aromatic N) is 1. The Kier molecular flexibility index (Phi) is 4.91. The lowest BCUT2D eigenvalue weighted by Crippen LogP contribution is -2.29. The van der Waals surface area contributed by atoms with E-state index in [1.165, 1.54) is 12.1 Å². The highest BCUT2D eigenvalue weighted by atomic mass is 35.5. The molecule has 4 aromatic rings. The molecule has 8 heteroatoms. The zero-order valence-electron chi connectivity index (χ0n) is 16.9. The van der Waals surface area contributed by atoms with Crippen molar-refractivity contribution in [3.8, 4) is 5.69 Å². The minimum absolute atomic E-state index is 0. The molecule has 0 amide bonds. The minimum atomic E-state index is -1.11. The van der Waals surface area contributed by atoms with Crippen molar-refractivity contribution in [2.24, 2.45) is 0 Å². The highest BCUT2D eigenvalue weighted by Gasteiger charge is 2.28. The number of halogens is 3. The molecule has 2 aromatic heterocycles. The first-order valence-electron chi connectivity index (χ1n) is 10.4. The second-order valence-corrected chi connectivity index (χ2v) is 8.30. The lowest BCUT2D eigenvalue weighted by atomic mass is 9.82. The average molecular weight is 457 g/mol. The van der Waals surface area contributed by atoms with Crippen molar-refractivity contribution in [2.45, 2.75) is 38.3 Å². The van der Waals surface area contributed by atoms with Crippen molar-refractivity contribution in [1.82, 2.24) is 9.88 Å². The molecule has 6 rings (SSSR count). The van der Waals surface area contributed by atoms with Gasteiger partial charge in [0.25, 0.3) is 5.56 Å². The van der Waals surface area contributed by atoms with E-state index in [4.69, 9.17) is 4.42 Å². The van der Waals surface area contributed by atoms with Gasteiger partial charge in [-0.15, -0.1) is 12.4 Å². The molecule has 3 heterocycles. The van der Waals surface area contributed by atoms with E-state index in [-0.39, 0.29) is 35.0 Å². The Hall–Kier alpha value is -3.03. The fraction of sp³-hybridized carbons (Fsp3) is 0.250. The monoisotopic (exact) mass is 456 g/mol. The maximum absolute atomic E-state index is 14.7. The summed E-state index contributed by atoms with van der Waals surface area (Å²) in [6.45, 7) is 1.34. The fourth-order valence-corrected chi connectivity index (χ4v) is 4.66. The van der Waals surface area contributed by atoms with E-state index in [1.807, 2.05) is 6.07 Å². The smallest absolute Gasteiger partial charge is 0.270 e. The van der Waals surface area contributed by atoms with E-state index in [0.29, 0.717) is 29.8 Å². The molecule has 0 bridgehead atoms. The van der Waals surface area contributed by atoms with Gasteiger partial charge in [-0.3, -0.25) is 14.2 Å². The first-order valence-corrected chi connectivity index (χ1v) is 10.4. The van der Waals surface area contributed by atoms with Crippen LogP contribution in [0.5, 0.6) is 0 Å². The van der Waals surface area contributed by atoms with Gasteiger partial charge >= 0.3 is 0 Å². The molecule has 2 aromatic carbocycles. The summed E-state index contributed by atoms with van der Waals surface area (Å²) in [4.78, 5) is 26.9. The van der Waals surface area contributed by atoms with Crippen LogP contribution in [0.2, 0.25) is 0 Å². The molecule has 164 valence electrons. The number of pyridine rings is 1. The summed E-state index contributed by atoms with van der Waals surface area (Å²) in [6.07, 6.45) is 2.65.